The van der Waals surface area contributed by atoms with Crippen molar-refractivity contribution in [3.05, 3.63) is 30.2 Å². The molecule has 2 aromatic heterocycles. The fourth-order valence-corrected chi connectivity index (χ4v) is 3.43. The van der Waals surface area contributed by atoms with Gasteiger partial charge in [0.15, 0.2) is 5.76 Å². The molecule has 0 saturated heterocycles. The van der Waals surface area contributed by atoms with E-state index in [0.717, 1.165) is 30.0 Å². The SMILES string of the molecule is O=C(O)CC1(CSCc2cc(-c3ccco3)on2)CC1. The second kappa shape index (κ2) is 5.36. The molecule has 2 heterocycles. The summed E-state index contributed by atoms with van der Waals surface area (Å²) in [7, 11) is 0. The summed E-state index contributed by atoms with van der Waals surface area (Å²) in [5.74, 6) is 2.17. The van der Waals surface area contributed by atoms with Crippen molar-refractivity contribution in [3.63, 3.8) is 0 Å². The van der Waals surface area contributed by atoms with E-state index in [9.17, 15) is 4.79 Å². The Kier molecular flexibility index (Phi) is 3.56. The Morgan fingerprint density at radius 2 is 2.30 bits per heavy atom. The normalized spacial score (nSPS) is 16.2. The maximum absolute atomic E-state index is 10.8. The molecular formula is C14H15NO4S. The van der Waals surface area contributed by atoms with E-state index in [1.165, 1.54) is 0 Å². The van der Waals surface area contributed by atoms with Crippen LogP contribution in [0.4, 0.5) is 0 Å². The first-order valence-corrected chi connectivity index (χ1v) is 7.61. The van der Waals surface area contributed by atoms with Gasteiger partial charge in [-0.1, -0.05) is 5.16 Å². The Morgan fingerprint density at radius 3 is 2.95 bits per heavy atom. The molecule has 0 aromatic carbocycles. The molecular weight excluding hydrogens is 278 g/mol. The van der Waals surface area contributed by atoms with Crippen LogP contribution in [0.1, 0.15) is 25.0 Å². The van der Waals surface area contributed by atoms with E-state index >= 15 is 0 Å². The fraction of sp³-hybridized carbons (Fsp3) is 0.429. The van der Waals surface area contributed by atoms with Crippen LogP contribution < -0.4 is 0 Å². The lowest BCUT2D eigenvalue weighted by Gasteiger charge is -2.10. The van der Waals surface area contributed by atoms with Crippen LogP contribution in [0.2, 0.25) is 0 Å². The summed E-state index contributed by atoms with van der Waals surface area (Å²) in [5, 5.41) is 12.9. The van der Waals surface area contributed by atoms with Crippen LogP contribution in [-0.4, -0.2) is 22.0 Å². The summed E-state index contributed by atoms with van der Waals surface area (Å²) in [6, 6.07) is 5.49. The van der Waals surface area contributed by atoms with Gasteiger partial charge in [0.1, 0.15) is 0 Å². The minimum absolute atomic E-state index is 0.0179. The van der Waals surface area contributed by atoms with Crippen molar-refractivity contribution >= 4 is 17.7 Å². The van der Waals surface area contributed by atoms with Crippen molar-refractivity contribution in [2.75, 3.05) is 5.75 Å². The summed E-state index contributed by atoms with van der Waals surface area (Å²) >= 11 is 1.71. The number of aliphatic carboxylic acids is 1. The number of carboxylic acid groups (broad SMARTS) is 1. The Hall–Kier alpha value is -1.69. The van der Waals surface area contributed by atoms with Crippen molar-refractivity contribution in [1.29, 1.82) is 0 Å². The lowest BCUT2D eigenvalue weighted by Crippen LogP contribution is -2.11. The number of furan rings is 1. The van der Waals surface area contributed by atoms with Crippen molar-refractivity contribution in [3.8, 4) is 11.5 Å². The third kappa shape index (κ3) is 3.07. The summed E-state index contributed by atoms with van der Waals surface area (Å²) < 4.78 is 10.5. The molecule has 0 radical (unpaired) electrons. The molecule has 106 valence electrons. The molecule has 2 aromatic rings. The lowest BCUT2D eigenvalue weighted by atomic mass is 10.1. The topological polar surface area (TPSA) is 76.5 Å². The van der Waals surface area contributed by atoms with Gasteiger partial charge in [-0.05, 0) is 36.1 Å². The van der Waals surface area contributed by atoms with Gasteiger partial charge < -0.3 is 14.0 Å². The van der Waals surface area contributed by atoms with E-state index in [2.05, 4.69) is 5.16 Å². The minimum Gasteiger partial charge on any atom is -0.481 e. The number of hydrogen-bond acceptors (Lipinski definition) is 5. The first-order chi connectivity index (χ1) is 9.67. The Labute approximate surface area is 120 Å². The van der Waals surface area contributed by atoms with Crippen LogP contribution in [-0.2, 0) is 10.5 Å². The zero-order valence-corrected chi connectivity index (χ0v) is 11.7. The smallest absolute Gasteiger partial charge is 0.303 e. The molecule has 5 nitrogen and oxygen atoms in total. The lowest BCUT2D eigenvalue weighted by molar-refractivity contribution is -0.138. The van der Waals surface area contributed by atoms with Gasteiger partial charge in [0.05, 0.1) is 18.4 Å². The summed E-state index contributed by atoms with van der Waals surface area (Å²) in [5.41, 5.74) is 0.872. The highest BCUT2D eigenvalue weighted by atomic mass is 32.2. The van der Waals surface area contributed by atoms with E-state index in [4.69, 9.17) is 14.0 Å². The van der Waals surface area contributed by atoms with Gasteiger partial charge in [0.2, 0.25) is 5.76 Å². The molecule has 0 aliphatic heterocycles. The summed E-state index contributed by atoms with van der Waals surface area (Å²) in [4.78, 5) is 10.8. The van der Waals surface area contributed by atoms with Crippen LogP contribution >= 0.6 is 11.8 Å². The Balaban J connectivity index is 1.51. The first kappa shape index (κ1) is 13.3. The zero-order chi connectivity index (χ0) is 14.0. The molecule has 0 spiro atoms. The summed E-state index contributed by atoms with van der Waals surface area (Å²) in [6.07, 6.45) is 3.90. The second-order valence-electron chi connectivity index (χ2n) is 5.22. The molecule has 1 N–H and O–H groups in total. The fourth-order valence-electron chi connectivity index (χ4n) is 2.16. The van der Waals surface area contributed by atoms with Gasteiger partial charge in [-0.15, -0.1) is 0 Å². The van der Waals surface area contributed by atoms with Gasteiger partial charge in [-0.25, -0.2) is 0 Å². The van der Waals surface area contributed by atoms with E-state index in [1.807, 2.05) is 12.1 Å². The predicted octanol–water partition coefficient (Wildman–Crippen LogP) is 3.42. The molecule has 1 aliphatic carbocycles. The molecule has 20 heavy (non-hydrogen) atoms. The number of thioether (sulfide) groups is 1. The van der Waals surface area contributed by atoms with Gasteiger partial charge in [-0.3, -0.25) is 4.79 Å². The predicted molar refractivity (Wildman–Crippen MR) is 74.3 cm³/mol. The first-order valence-electron chi connectivity index (χ1n) is 6.46. The number of nitrogens with zero attached hydrogens (tertiary/aromatic N) is 1. The molecule has 0 amide bonds. The molecule has 6 heteroatoms. The zero-order valence-electron chi connectivity index (χ0n) is 10.9. The molecule has 1 saturated carbocycles. The number of rotatable bonds is 7. The number of carbonyl (C=O) groups is 1. The van der Waals surface area contributed by atoms with Crippen LogP contribution in [0.15, 0.2) is 33.4 Å². The van der Waals surface area contributed by atoms with Gasteiger partial charge >= 0.3 is 5.97 Å². The average Bonchev–Trinajstić information content (AvgIpc) is 2.86. The minimum atomic E-state index is -0.704. The molecule has 1 aliphatic rings. The van der Waals surface area contributed by atoms with Crippen LogP contribution in [0.3, 0.4) is 0 Å². The maximum Gasteiger partial charge on any atom is 0.303 e. The van der Waals surface area contributed by atoms with E-state index in [-0.39, 0.29) is 11.8 Å². The molecule has 3 rings (SSSR count). The van der Waals surface area contributed by atoms with Crippen molar-refractivity contribution < 1.29 is 18.8 Å². The Morgan fingerprint density at radius 1 is 1.45 bits per heavy atom. The van der Waals surface area contributed by atoms with Crippen molar-refractivity contribution in [1.82, 2.24) is 5.16 Å². The highest BCUT2D eigenvalue weighted by Gasteiger charge is 2.44. The summed E-state index contributed by atoms with van der Waals surface area (Å²) in [6.45, 7) is 0. The third-order valence-corrected chi connectivity index (χ3v) is 4.78. The van der Waals surface area contributed by atoms with Crippen LogP contribution in [0.5, 0.6) is 0 Å². The second-order valence-corrected chi connectivity index (χ2v) is 6.21. The molecule has 0 unspecified atom stereocenters. The number of hydrogen-bond donors (Lipinski definition) is 1. The van der Waals surface area contributed by atoms with E-state index < -0.39 is 5.97 Å². The number of carboxylic acids is 1. The van der Waals surface area contributed by atoms with Gasteiger partial charge in [0, 0.05) is 11.8 Å². The Bertz CT molecular complexity index is 586. The van der Waals surface area contributed by atoms with E-state index in [0.29, 0.717) is 11.5 Å². The average molecular weight is 293 g/mol. The van der Waals surface area contributed by atoms with Gasteiger partial charge in [0.25, 0.3) is 0 Å². The largest absolute Gasteiger partial charge is 0.481 e. The third-order valence-electron chi connectivity index (χ3n) is 3.46. The van der Waals surface area contributed by atoms with Crippen LogP contribution in [0.25, 0.3) is 11.5 Å². The van der Waals surface area contributed by atoms with Crippen molar-refractivity contribution in [2.24, 2.45) is 5.41 Å². The highest BCUT2D eigenvalue weighted by Crippen LogP contribution is 2.51. The van der Waals surface area contributed by atoms with Gasteiger partial charge in [-0.2, -0.15) is 11.8 Å². The highest BCUT2D eigenvalue weighted by molar-refractivity contribution is 7.98. The molecule has 0 atom stereocenters. The molecule has 0 bridgehead atoms. The quantitative estimate of drug-likeness (QED) is 0.843. The van der Waals surface area contributed by atoms with Crippen LogP contribution in [0, 0.1) is 5.41 Å². The van der Waals surface area contributed by atoms with Crippen molar-refractivity contribution in [2.45, 2.75) is 25.0 Å². The standard InChI is InChI=1S/C14H15NO4S/c16-13(17)7-14(3-4-14)9-20-8-10-6-12(19-15-10)11-2-1-5-18-11/h1-2,5-6H,3-4,7-9H2,(H,16,17). The molecule has 1 fully saturated rings. The maximum atomic E-state index is 10.8. The monoisotopic (exact) mass is 293 g/mol. The number of aromatic nitrogens is 1. The van der Waals surface area contributed by atoms with E-state index in [1.54, 1.807) is 24.1 Å².